The lowest BCUT2D eigenvalue weighted by Crippen LogP contribution is -2.31. The van der Waals surface area contributed by atoms with Gasteiger partial charge in [-0.15, -0.1) is 0 Å². The maximum atomic E-state index is 13.8. The van der Waals surface area contributed by atoms with Crippen LogP contribution in [0.1, 0.15) is 29.0 Å². The van der Waals surface area contributed by atoms with E-state index in [1.807, 2.05) is 42.5 Å². The molecule has 1 aliphatic heterocycles. The summed E-state index contributed by atoms with van der Waals surface area (Å²) < 4.78 is 19.5. The highest BCUT2D eigenvalue weighted by Crippen LogP contribution is 2.35. The van der Waals surface area contributed by atoms with Crippen LogP contribution in [-0.2, 0) is 11.4 Å². The number of benzene rings is 3. The van der Waals surface area contributed by atoms with Crippen LogP contribution < -0.4 is 15.6 Å². The van der Waals surface area contributed by atoms with Gasteiger partial charge in [0.15, 0.2) is 0 Å². The van der Waals surface area contributed by atoms with Crippen LogP contribution in [0.4, 0.5) is 10.2 Å². The second kappa shape index (κ2) is 8.70. The maximum Gasteiger partial charge on any atom is 0.257 e. The molecule has 1 aromatic heterocycles. The molecule has 164 valence electrons. The molecule has 0 spiro atoms. The SMILES string of the molecule is O=C1CC(c2ccc(OCc3ccccc3F)cc2)c2c(nc(-c3ccccc3)[nH]c2=O)N1. The normalized spacial score (nSPS) is 14.9. The van der Waals surface area contributed by atoms with Crippen molar-refractivity contribution in [3.63, 3.8) is 0 Å². The molecule has 6 nitrogen and oxygen atoms in total. The van der Waals surface area contributed by atoms with E-state index < -0.39 is 5.92 Å². The monoisotopic (exact) mass is 441 g/mol. The summed E-state index contributed by atoms with van der Waals surface area (Å²) in [5.74, 6) is 0.283. The Bertz CT molecular complexity index is 1370. The fourth-order valence-corrected chi connectivity index (χ4v) is 3.96. The lowest BCUT2D eigenvalue weighted by Gasteiger charge is -2.24. The Balaban J connectivity index is 1.42. The number of aromatic nitrogens is 2. The first-order valence-corrected chi connectivity index (χ1v) is 10.5. The molecule has 2 heterocycles. The third-order valence-electron chi connectivity index (χ3n) is 5.63. The van der Waals surface area contributed by atoms with Crippen molar-refractivity contribution in [3.8, 4) is 17.1 Å². The number of hydrogen-bond acceptors (Lipinski definition) is 4. The minimum absolute atomic E-state index is 0.104. The molecule has 0 saturated heterocycles. The Morgan fingerprint density at radius 2 is 1.67 bits per heavy atom. The average molecular weight is 441 g/mol. The predicted molar refractivity (Wildman–Crippen MR) is 123 cm³/mol. The first kappa shape index (κ1) is 20.6. The Labute approximate surface area is 189 Å². The molecule has 33 heavy (non-hydrogen) atoms. The molecule has 2 N–H and O–H groups in total. The van der Waals surface area contributed by atoms with Crippen molar-refractivity contribution in [2.75, 3.05) is 5.32 Å². The molecule has 7 heteroatoms. The van der Waals surface area contributed by atoms with Crippen LogP contribution in [0.2, 0.25) is 0 Å². The molecule has 4 aromatic rings. The number of aromatic amines is 1. The highest BCUT2D eigenvalue weighted by molar-refractivity contribution is 5.94. The van der Waals surface area contributed by atoms with Crippen LogP contribution in [0.15, 0.2) is 83.7 Å². The van der Waals surface area contributed by atoms with Crippen molar-refractivity contribution in [1.29, 1.82) is 0 Å². The third-order valence-corrected chi connectivity index (χ3v) is 5.63. The van der Waals surface area contributed by atoms with Crippen LogP contribution in [0.25, 0.3) is 11.4 Å². The van der Waals surface area contributed by atoms with Gasteiger partial charge in [-0.2, -0.15) is 0 Å². The maximum absolute atomic E-state index is 13.8. The summed E-state index contributed by atoms with van der Waals surface area (Å²) in [5.41, 5.74) is 2.15. The molecule has 1 unspecified atom stereocenters. The van der Waals surface area contributed by atoms with Gasteiger partial charge in [0.25, 0.3) is 5.56 Å². The Hall–Kier alpha value is -4.26. The molecule has 1 amide bonds. The number of fused-ring (bicyclic) bond motifs is 1. The number of halogens is 1. The number of carbonyl (C=O) groups is 1. The molecule has 3 aromatic carbocycles. The highest BCUT2D eigenvalue weighted by Gasteiger charge is 2.31. The number of rotatable bonds is 5. The summed E-state index contributed by atoms with van der Waals surface area (Å²) >= 11 is 0. The number of H-pyrrole nitrogens is 1. The number of hydrogen-bond donors (Lipinski definition) is 2. The molecule has 0 fully saturated rings. The summed E-state index contributed by atoms with van der Waals surface area (Å²) in [7, 11) is 0. The van der Waals surface area contributed by atoms with E-state index in [9.17, 15) is 14.0 Å². The molecule has 0 bridgehead atoms. The smallest absolute Gasteiger partial charge is 0.257 e. The van der Waals surface area contributed by atoms with Gasteiger partial charge in [-0.25, -0.2) is 9.37 Å². The van der Waals surface area contributed by atoms with Gasteiger partial charge in [-0.3, -0.25) is 9.59 Å². The molecule has 0 saturated carbocycles. The first-order chi connectivity index (χ1) is 16.1. The quantitative estimate of drug-likeness (QED) is 0.473. The Morgan fingerprint density at radius 1 is 0.939 bits per heavy atom. The van der Waals surface area contributed by atoms with Gasteiger partial charge < -0.3 is 15.0 Å². The van der Waals surface area contributed by atoms with Crippen molar-refractivity contribution < 1.29 is 13.9 Å². The van der Waals surface area contributed by atoms with E-state index in [2.05, 4.69) is 15.3 Å². The standard InChI is InChI=1S/C26H20FN3O3/c27-21-9-5-4-8-18(21)15-33-19-12-10-16(11-13-19)20-14-22(31)28-25-23(20)26(32)30-24(29-25)17-6-2-1-3-7-17/h1-13,20H,14-15H2,(H2,28,29,30,31,32). The zero-order valence-corrected chi connectivity index (χ0v) is 17.5. The van der Waals surface area contributed by atoms with Gasteiger partial charge in [0.2, 0.25) is 5.91 Å². The van der Waals surface area contributed by atoms with Crippen molar-refractivity contribution in [3.05, 3.63) is 112 Å². The average Bonchev–Trinajstić information content (AvgIpc) is 2.83. The molecule has 0 aliphatic carbocycles. The largest absolute Gasteiger partial charge is 0.489 e. The second-order valence-corrected chi connectivity index (χ2v) is 7.80. The highest BCUT2D eigenvalue weighted by atomic mass is 19.1. The summed E-state index contributed by atoms with van der Waals surface area (Å²) in [6, 6.07) is 22.8. The minimum Gasteiger partial charge on any atom is -0.489 e. The number of nitrogens with zero attached hydrogens (tertiary/aromatic N) is 1. The van der Waals surface area contributed by atoms with E-state index in [0.717, 1.165) is 11.1 Å². The summed E-state index contributed by atoms with van der Waals surface area (Å²) in [4.78, 5) is 32.8. The van der Waals surface area contributed by atoms with Crippen LogP contribution in [0.5, 0.6) is 5.75 Å². The van der Waals surface area contributed by atoms with Crippen molar-refractivity contribution in [2.24, 2.45) is 0 Å². The number of ether oxygens (including phenoxy) is 1. The van der Waals surface area contributed by atoms with E-state index in [-0.39, 0.29) is 36.1 Å². The van der Waals surface area contributed by atoms with E-state index in [4.69, 9.17) is 4.74 Å². The van der Waals surface area contributed by atoms with Gasteiger partial charge in [0.1, 0.15) is 29.8 Å². The zero-order chi connectivity index (χ0) is 22.8. The van der Waals surface area contributed by atoms with Gasteiger partial charge >= 0.3 is 0 Å². The van der Waals surface area contributed by atoms with Crippen LogP contribution in [0.3, 0.4) is 0 Å². The summed E-state index contributed by atoms with van der Waals surface area (Å²) in [6.45, 7) is 0.104. The molecular weight excluding hydrogens is 421 g/mol. The molecule has 1 aliphatic rings. The topological polar surface area (TPSA) is 84.1 Å². The van der Waals surface area contributed by atoms with Crippen LogP contribution in [-0.4, -0.2) is 15.9 Å². The molecule has 1 atom stereocenters. The van der Waals surface area contributed by atoms with Crippen molar-refractivity contribution in [1.82, 2.24) is 9.97 Å². The van der Waals surface area contributed by atoms with Gasteiger partial charge in [-0.05, 0) is 23.8 Å². The van der Waals surface area contributed by atoms with Gasteiger partial charge in [0, 0.05) is 23.5 Å². The third kappa shape index (κ3) is 4.25. The second-order valence-electron chi connectivity index (χ2n) is 7.80. The zero-order valence-electron chi connectivity index (χ0n) is 17.5. The fourth-order valence-electron chi connectivity index (χ4n) is 3.96. The lowest BCUT2D eigenvalue weighted by molar-refractivity contribution is -0.116. The van der Waals surface area contributed by atoms with Crippen LogP contribution in [0, 0.1) is 5.82 Å². The number of anilines is 1. The van der Waals surface area contributed by atoms with E-state index in [1.54, 1.807) is 30.3 Å². The number of amides is 1. The fraction of sp³-hybridized carbons (Fsp3) is 0.115. The van der Waals surface area contributed by atoms with E-state index in [1.165, 1.54) is 6.07 Å². The van der Waals surface area contributed by atoms with E-state index in [0.29, 0.717) is 22.7 Å². The first-order valence-electron chi connectivity index (χ1n) is 10.5. The van der Waals surface area contributed by atoms with Gasteiger partial charge in [-0.1, -0.05) is 60.7 Å². The molecule has 5 rings (SSSR count). The van der Waals surface area contributed by atoms with Gasteiger partial charge in [0.05, 0.1) is 5.56 Å². The van der Waals surface area contributed by atoms with Crippen molar-refractivity contribution in [2.45, 2.75) is 18.9 Å². The predicted octanol–water partition coefficient (Wildman–Crippen LogP) is 4.63. The Kier molecular flexibility index (Phi) is 5.44. The molecular formula is C26H20FN3O3. The van der Waals surface area contributed by atoms with Crippen LogP contribution >= 0.6 is 0 Å². The molecule has 0 radical (unpaired) electrons. The summed E-state index contributed by atoms with van der Waals surface area (Å²) in [5, 5.41) is 2.74. The summed E-state index contributed by atoms with van der Waals surface area (Å²) in [6.07, 6.45) is 0.137. The number of nitrogens with one attached hydrogen (secondary N) is 2. The number of carbonyl (C=O) groups excluding carboxylic acids is 1. The lowest BCUT2D eigenvalue weighted by atomic mass is 9.87. The van der Waals surface area contributed by atoms with Crippen molar-refractivity contribution >= 4 is 11.7 Å². The Morgan fingerprint density at radius 3 is 2.42 bits per heavy atom. The van der Waals surface area contributed by atoms with E-state index >= 15 is 0 Å². The minimum atomic E-state index is -0.435.